The van der Waals surface area contributed by atoms with E-state index in [0.717, 1.165) is 0 Å². The van der Waals surface area contributed by atoms with Crippen molar-refractivity contribution in [3.05, 3.63) is 18.0 Å². The zero-order valence-corrected chi connectivity index (χ0v) is 20.5. The van der Waals surface area contributed by atoms with E-state index in [9.17, 15) is 34.5 Å². The SMILES string of the molecule is COc1ccnc(C(=O)N[C@H]2COC[C@H](C(C)(C)C(=O)O)[C@@H](C(C)(C)C(=O)O)[C@H](C)OC2=O)c1O. The molecule has 0 unspecified atom stereocenters. The van der Waals surface area contributed by atoms with Gasteiger partial charge < -0.3 is 34.8 Å². The van der Waals surface area contributed by atoms with E-state index in [-0.39, 0.29) is 24.7 Å². The number of aromatic hydroxyl groups is 1. The summed E-state index contributed by atoms with van der Waals surface area (Å²) >= 11 is 0. The van der Waals surface area contributed by atoms with Crippen molar-refractivity contribution in [2.75, 3.05) is 20.3 Å². The predicted molar refractivity (Wildman–Crippen MR) is 120 cm³/mol. The number of hydrogen-bond acceptors (Lipinski definition) is 9. The lowest BCUT2D eigenvalue weighted by Crippen LogP contribution is -2.52. The molecule has 0 bridgehead atoms. The van der Waals surface area contributed by atoms with Gasteiger partial charge in [-0.15, -0.1) is 0 Å². The van der Waals surface area contributed by atoms with Crippen LogP contribution >= 0.6 is 0 Å². The van der Waals surface area contributed by atoms with Crippen molar-refractivity contribution in [3.63, 3.8) is 0 Å². The van der Waals surface area contributed by atoms with Crippen molar-refractivity contribution >= 4 is 23.8 Å². The van der Waals surface area contributed by atoms with E-state index in [2.05, 4.69) is 10.3 Å². The van der Waals surface area contributed by atoms with E-state index in [1.807, 2.05) is 0 Å². The largest absolute Gasteiger partial charge is 0.503 e. The minimum absolute atomic E-state index is 0.00422. The van der Waals surface area contributed by atoms with Crippen LogP contribution in [0.25, 0.3) is 0 Å². The Balaban J connectivity index is 2.41. The number of esters is 1. The molecule has 1 amide bonds. The fourth-order valence-corrected chi connectivity index (χ4v) is 4.29. The summed E-state index contributed by atoms with van der Waals surface area (Å²) in [7, 11) is 1.30. The Morgan fingerprint density at radius 1 is 1.11 bits per heavy atom. The van der Waals surface area contributed by atoms with Gasteiger partial charge in [-0.05, 0) is 34.6 Å². The third-order valence-electron chi connectivity index (χ3n) is 6.60. The Bertz CT molecular complexity index is 991. The van der Waals surface area contributed by atoms with Gasteiger partial charge >= 0.3 is 17.9 Å². The van der Waals surface area contributed by atoms with Crippen molar-refractivity contribution in [2.24, 2.45) is 22.7 Å². The molecular weight excluding hydrogens is 464 g/mol. The number of carboxylic acid groups (broad SMARTS) is 2. The topological polar surface area (TPSA) is 182 Å². The van der Waals surface area contributed by atoms with Gasteiger partial charge in [0, 0.05) is 24.1 Å². The number of cyclic esters (lactones) is 1. The fourth-order valence-electron chi connectivity index (χ4n) is 4.29. The van der Waals surface area contributed by atoms with Crippen LogP contribution in [0, 0.1) is 22.7 Å². The molecule has 12 nitrogen and oxygen atoms in total. The number of hydrogen-bond donors (Lipinski definition) is 4. The zero-order valence-electron chi connectivity index (χ0n) is 20.5. The molecule has 1 aromatic rings. The summed E-state index contributed by atoms with van der Waals surface area (Å²) in [4.78, 5) is 53.7. The molecule has 35 heavy (non-hydrogen) atoms. The van der Waals surface area contributed by atoms with Gasteiger partial charge in [-0.2, -0.15) is 0 Å². The summed E-state index contributed by atoms with van der Waals surface area (Å²) in [5.41, 5.74) is -3.31. The Morgan fingerprint density at radius 2 is 1.71 bits per heavy atom. The highest BCUT2D eigenvalue weighted by atomic mass is 16.6. The average Bonchev–Trinajstić information content (AvgIpc) is 2.82. The van der Waals surface area contributed by atoms with Gasteiger partial charge in [0.2, 0.25) is 0 Å². The van der Waals surface area contributed by atoms with Crippen LogP contribution < -0.4 is 10.1 Å². The molecule has 1 aliphatic heterocycles. The third-order valence-corrected chi connectivity index (χ3v) is 6.60. The smallest absolute Gasteiger partial charge is 0.331 e. The number of pyridine rings is 1. The summed E-state index contributed by atoms with van der Waals surface area (Å²) in [6, 6.07) is 0.0115. The van der Waals surface area contributed by atoms with Crippen molar-refractivity contribution in [1.82, 2.24) is 10.3 Å². The maximum absolute atomic E-state index is 12.9. The number of aliphatic carboxylic acids is 2. The molecule has 1 saturated heterocycles. The van der Waals surface area contributed by atoms with E-state index in [4.69, 9.17) is 14.2 Å². The van der Waals surface area contributed by atoms with Crippen LogP contribution in [0.3, 0.4) is 0 Å². The lowest BCUT2D eigenvalue weighted by molar-refractivity contribution is -0.173. The number of aromatic nitrogens is 1. The number of methoxy groups -OCH3 is 1. The summed E-state index contributed by atoms with van der Waals surface area (Å²) in [5.74, 6) is -6.51. The molecule has 0 spiro atoms. The number of carbonyl (C=O) groups is 4. The Labute approximate surface area is 202 Å². The molecular formula is C23H32N2O10. The number of amides is 1. The molecule has 4 atom stereocenters. The van der Waals surface area contributed by atoms with Crippen molar-refractivity contribution in [2.45, 2.75) is 46.8 Å². The third kappa shape index (κ3) is 5.64. The summed E-state index contributed by atoms with van der Waals surface area (Å²) in [5, 5.41) is 32.3. The highest BCUT2D eigenvalue weighted by Crippen LogP contribution is 2.45. The lowest BCUT2D eigenvalue weighted by Gasteiger charge is -2.44. The lowest BCUT2D eigenvalue weighted by atomic mass is 9.61. The molecule has 0 aliphatic carbocycles. The summed E-state index contributed by atoms with van der Waals surface area (Å²) < 4.78 is 16.2. The molecule has 1 aliphatic rings. The number of carboxylic acids is 2. The molecule has 2 heterocycles. The molecule has 0 radical (unpaired) electrons. The Hall–Kier alpha value is -3.41. The highest BCUT2D eigenvalue weighted by Gasteiger charge is 2.53. The number of carbonyl (C=O) groups excluding carboxylic acids is 2. The van der Waals surface area contributed by atoms with Crippen molar-refractivity contribution in [1.29, 1.82) is 0 Å². The van der Waals surface area contributed by atoms with E-state index >= 15 is 0 Å². The number of nitrogens with zero attached hydrogens (tertiary/aromatic N) is 1. The van der Waals surface area contributed by atoms with E-state index in [0.29, 0.717) is 0 Å². The quantitative estimate of drug-likeness (QED) is 0.399. The molecule has 2 rings (SSSR count). The maximum Gasteiger partial charge on any atom is 0.331 e. The molecule has 1 fully saturated rings. The van der Waals surface area contributed by atoms with Crippen LogP contribution in [0.2, 0.25) is 0 Å². The number of nitrogens with one attached hydrogen (secondary N) is 1. The van der Waals surface area contributed by atoms with Crippen LogP contribution in [-0.4, -0.2) is 76.6 Å². The van der Waals surface area contributed by atoms with Gasteiger partial charge in [-0.3, -0.25) is 14.4 Å². The molecule has 0 aromatic carbocycles. The second-order valence-corrected chi connectivity index (χ2v) is 9.60. The van der Waals surface area contributed by atoms with Crippen LogP contribution in [0.4, 0.5) is 0 Å². The van der Waals surface area contributed by atoms with Crippen LogP contribution in [0.1, 0.15) is 45.1 Å². The first-order chi connectivity index (χ1) is 16.2. The van der Waals surface area contributed by atoms with E-state index < -0.39 is 64.4 Å². The maximum atomic E-state index is 12.9. The van der Waals surface area contributed by atoms with Crippen LogP contribution in [0.15, 0.2) is 12.3 Å². The second-order valence-electron chi connectivity index (χ2n) is 9.60. The fraction of sp³-hybridized carbons (Fsp3) is 0.609. The molecule has 12 heteroatoms. The first-order valence-electron chi connectivity index (χ1n) is 10.9. The average molecular weight is 497 g/mol. The van der Waals surface area contributed by atoms with E-state index in [1.54, 1.807) is 0 Å². The highest BCUT2D eigenvalue weighted by molar-refractivity contribution is 5.98. The standard InChI is InChI=1S/C23H32N2O10/c1-11-15(23(4,5)21(31)32)12(22(2,3)20(29)30)9-34-10-13(19(28)35-11)25-18(27)16-17(26)14(33-6)7-8-24-16/h7-8,11-13,15,26H,9-10H2,1-6H3,(H,25,27)(H,29,30)(H,31,32)/t11-,12-,13-,15-/m0/s1. The number of ether oxygens (including phenoxy) is 3. The molecule has 194 valence electrons. The normalized spacial score (nSPS) is 23.8. The van der Waals surface area contributed by atoms with Crippen molar-refractivity contribution in [3.8, 4) is 11.5 Å². The molecule has 1 aromatic heterocycles. The van der Waals surface area contributed by atoms with Gasteiger partial charge in [0.15, 0.2) is 23.2 Å². The van der Waals surface area contributed by atoms with Crippen LogP contribution in [-0.2, 0) is 23.9 Å². The van der Waals surface area contributed by atoms with Crippen LogP contribution in [0.5, 0.6) is 11.5 Å². The predicted octanol–water partition coefficient (Wildman–Crippen LogP) is 1.31. The van der Waals surface area contributed by atoms with Crippen molar-refractivity contribution < 1.29 is 48.7 Å². The Kier molecular flexibility index (Phi) is 8.32. The zero-order chi connectivity index (χ0) is 26.7. The number of rotatable bonds is 7. The minimum atomic E-state index is -1.49. The second kappa shape index (κ2) is 10.5. The first-order valence-corrected chi connectivity index (χ1v) is 10.9. The summed E-state index contributed by atoms with van der Waals surface area (Å²) in [6.07, 6.45) is 0.201. The minimum Gasteiger partial charge on any atom is -0.503 e. The van der Waals surface area contributed by atoms with Gasteiger partial charge in [-0.1, -0.05) is 0 Å². The summed E-state index contributed by atoms with van der Waals surface area (Å²) in [6.45, 7) is 6.67. The molecule has 0 saturated carbocycles. The van der Waals surface area contributed by atoms with Gasteiger partial charge in [0.1, 0.15) is 6.10 Å². The monoisotopic (exact) mass is 496 g/mol. The first kappa shape index (κ1) is 27.8. The van der Waals surface area contributed by atoms with Gasteiger partial charge in [0.25, 0.3) is 5.91 Å². The Morgan fingerprint density at radius 3 is 2.26 bits per heavy atom. The van der Waals surface area contributed by atoms with E-state index in [1.165, 1.54) is 54.0 Å². The van der Waals surface area contributed by atoms with Gasteiger partial charge in [-0.25, -0.2) is 9.78 Å². The molecule has 4 N–H and O–H groups in total. The van der Waals surface area contributed by atoms with Gasteiger partial charge in [0.05, 0.1) is 31.2 Å².